The molecule has 2 aliphatic heterocycles. The highest BCUT2D eigenvalue weighted by Gasteiger charge is 2.45. The van der Waals surface area contributed by atoms with E-state index < -0.39 is 0 Å². The maximum Gasteiger partial charge on any atom is 0.253 e. The molecule has 0 amide bonds. The molecule has 2 nitrogen and oxygen atoms in total. The minimum atomic E-state index is -0.121. The molecule has 11 aromatic rings. The first-order chi connectivity index (χ1) is 32.8. The first-order valence-electron chi connectivity index (χ1n) is 24.6. The van der Waals surface area contributed by atoms with Gasteiger partial charge in [-0.3, -0.25) is 0 Å². The van der Waals surface area contributed by atoms with E-state index in [4.69, 9.17) is 0 Å². The predicted octanol–water partition coefficient (Wildman–Crippen LogP) is 14.9. The second kappa shape index (κ2) is 13.4. The van der Waals surface area contributed by atoms with Crippen LogP contribution in [-0.2, 0) is 16.2 Å². The van der Waals surface area contributed by atoms with Crippen LogP contribution >= 0.6 is 0 Å². The van der Waals surface area contributed by atoms with Crippen molar-refractivity contribution in [3.8, 4) is 56.0 Å². The number of fused-ring (bicyclic) bond motifs is 12. The summed E-state index contributed by atoms with van der Waals surface area (Å²) in [5.41, 5.74) is 26.1. The fraction of sp³-hybridized carbons (Fsp3) is 0.169. The van der Waals surface area contributed by atoms with Crippen molar-refractivity contribution in [1.29, 1.82) is 0 Å². The van der Waals surface area contributed by atoms with Gasteiger partial charge in [-0.2, -0.15) is 0 Å². The highest BCUT2D eigenvalue weighted by Crippen LogP contribution is 2.53. The van der Waals surface area contributed by atoms with E-state index in [0.29, 0.717) is 0 Å². The fourth-order valence-corrected chi connectivity index (χ4v) is 12.9. The van der Waals surface area contributed by atoms with Gasteiger partial charge < -0.3 is 9.13 Å². The summed E-state index contributed by atoms with van der Waals surface area (Å²) in [4.78, 5) is 0. The molecule has 2 aromatic heterocycles. The minimum Gasteiger partial charge on any atom is -0.310 e. The fourth-order valence-electron chi connectivity index (χ4n) is 12.9. The summed E-state index contributed by atoms with van der Waals surface area (Å²) in [7, 11) is 0. The smallest absolute Gasteiger partial charge is 0.253 e. The number of hydrogen-bond acceptors (Lipinski definition) is 0. The Balaban J connectivity index is 1.24. The summed E-state index contributed by atoms with van der Waals surface area (Å²) >= 11 is 0. The van der Waals surface area contributed by atoms with E-state index in [9.17, 15) is 0 Å². The maximum atomic E-state index is 2.70. The van der Waals surface area contributed by atoms with Gasteiger partial charge in [0.25, 0.3) is 6.71 Å². The van der Waals surface area contributed by atoms with Gasteiger partial charge in [0.1, 0.15) is 0 Å². The van der Waals surface area contributed by atoms with Crippen molar-refractivity contribution in [3.05, 3.63) is 198 Å². The van der Waals surface area contributed by atoms with Crippen LogP contribution in [0.3, 0.4) is 0 Å². The number of benzene rings is 9. The van der Waals surface area contributed by atoms with Gasteiger partial charge in [-0.25, -0.2) is 0 Å². The first-order valence-corrected chi connectivity index (χ1v) is 24.6. The maximum absolute atomic E-state index is 2.70. The number of hydrogen-bond donors (Lipinski definition) is 0. The van der Waals surface area contributed by atoms with E-state index in [-0.39, 0.29) is 23.0 Å². The average molecular weight is 873 g/mol. The Morgan fingerprint density at radius 1 is 0.426 bits per heavy atom. The minimum absolute atomic E-state index is 0.00287. The first kappa shape index (κ1) is 39.8. The molecule has 0 saturated heterocycles. The highest BCUT2D eigenvalue weighted by molar-refractivity contribution is 7.01. The van der Waals surface area contributed by atoms with E-state index in [1.165, 1.54) is 138 Å². The molecule has 0 unspecified atom stereocenters. The zero-order chi connectivity index (χ0) is 46.2. The number of aromatic nitrogens is 2. The zero-order valence-corrected chi connectivity index (χ0v) is 40.2. The Hall–Kier alpha value is -7.36. The van der Waals surface area contributed by atoms with Crippen molar-refractivity contribution in [2.45, 2.75) is 71.6 Å². The van der Waals surface area contributed by atoms with Gasteiger partial charge in [-0.05, 0) is 130 Å². The van der Waals surface area contributed by atoms with E-state index in [2.05, 4.69) is 240 Å². The largest absolute Gasteiger partial charge is 0.310 e. The van der Waals surface area contributed by atoms with Crippen LogP contribution in [0.1, 0.15) is 77.6 Å². The Morgan fingerprint density at radius 2 is 1.06 bits per heavy atom. The SMILES string of the molecule is CC(C)(C)c1ccc2c(c1)c1cc(C(C)(C)C)cc3c1n2-c1cc(-c2cccc4c2-c2ccccc2C4(C)C)cc2c1B3c1c3ccccc3cc3c(-c4ccccc4)c(-c4ccccc4)n-2c13. The van der Waals surface area contributed by atoms with Gasteiger partial charge >= 0.3 is 0 Å². The molecule has 0 saturated carbocycles. The predicted molar refractivity (Wildman–Crippen MR) is 291 cm³/mol. The zero-order valence-electron chi connectivity index (χ0n) is 40.2. The molecule has 3 heteroatoms. The lowest BCUT2D eigenvalue weighted by Crippen LogP contribution is -2.60. The van der Waals surface area contributed by atoms with Crippen molar-refractivity contribution in [2.75, 3.05) is 0 Å². The van der Waals surface area contributed by atoms with Crippen LogP contribution in [-0.4, -0.2) is 15.8 Å². The van der Waals surface area contributed by atoms with Crippen LogP contribution in [0.15, 0.2) is 176 Å². The molecule has 0 radical (unpaired) electrons. The molecule has 0 atom stereocenters. The Bertz CT molecular complexity index is 4000. The van der Waals surface area contributed by atoms with Crippen LogP contribution in [0.2, 0.25) is 0 Å². The standard InChI is InChI=1S/C65H53BN2/c1-63(2,3)42-30-31-53-47(35-42)48-36-43(64(4,5)6)37-52-61(48)67(53)54-33-41(44-27-19-29-51-57(44)46-26-17-18-28-50(46)65(51,7)8)34-55-59(54)66(52)58-45-25-16-15-24-40(45)32-49-56(38-20-11-9-12-21-38)60(68(55)62(49)58)39-22-13-10-14-23-39/h9-37H,1-8H3. The monoisotopic (exact) mass is 872 g/mol. The third kappa shape index (κ3) is 5.20. The summed E-state index contributed by atoms with van der Waals surface area (Å²) in [5, 5.41) is 6.55. The van der Waals surface area contributed by atoms with Crippen LogP contribution in [0.5, 0.6) is 0 Å². The normalized spacial score (nSPS) is 14.3. The second-order valence-electron chi connectivity index (χ2n) is 22.5. The van der Waals surface area contributed by atoms with Crippen LogP contribution in [0.25, 0.3) is 99.5 Å². The molecular weight excluding hydrogens is 820 g/mol. The summed E-state index contributed by atoms with van der Waals surface area (Å²) < 4.78 is 5.38. The Labute approximate surface area is 399 Å². The third-order valence-corrected chi connectivity index (χ3v) is 16.2. The molecule has 0 bridgehead atoms. The van der Waals surface area contributed by atoms with Crippen molar-refractivity contribution >= 4 is 66.6 Å². The van der Waals surface area contributed by atoms with E-state index >= 15 is 0 Å². The molecule has 0 fully saturated rings. The summed E-state index contributed by atoms with van der Waals surface area (Å²) in [6, 6.07) is 67.8. The van der Waals surface area contributed by atoms with Gasteiger partial charge in [0.15, 0.2) is 0 Å². The van der Waals surface area contributed by atoms with Gasteiger partial charge in [0.05, 0.1) is 16.7 Å². The van der Waals surface area contributed by atoms with E-state index in [1.54, 1.807) is 0 Å². The lowest BCUT2D eigenvalue weighted by Gasteiger charge is -2.36. The van der Waals surface area contributed by atoms with Crippen LogP contribution < -0.4 is 16.4 Å². The lowest BCUT2D eigenvalue weighted by atomic mass is 9.33. The summed E-state index contributed by atoms with van der Waals surface area (Å²) in [6.45, 7) is 18.9. The molecular formula is C65H53BN2. The molecule has 326 valence electrons. The van der Waals surface area contributed by atoms with Crippen LogP contribution in [0, 0.1) is 0 Å². The van der Waals surface area contributed by atoms with Gasteiger partial charge in [0, 0.05) is 44.0 Å². The second-order valence-corrected chi connectivity index (χ2v) is 22.5. The molecule has 4 heterocycles. The number of rotatable bonds is 3. The van der Waals surface area contributed by atoms with E-state index in [1.807, 2.05) is 0 Å². The third-order valence-electron chi connectivity index (χ3n) is 16.2. The molecule has 9 aromatic carbocycles. The molecule has 0 spiro atoms. The molecule has 14 rings (SSSR count). The Kier molecular flexibility index (Phi) is 7.85. The van der Waals surface area contributed by atoms with Gasteiger partial charge in [-0.15, -0.1) is 0 Å². The van der Waals surface area contributed by atoms with Gasteiger partial charge in [0.2, 0.25) is 0 Å². The number of nitrogens with zero attached hydrogens (tertiary/aromatic N) is 2. The summed E-state index contributed by atoms with van der Waals surface area (Å²) in [6.07, 6.45) is 0. The molecule has 1 aliphatic carbocycles. The lowest BCUT2D eigenvalue weighted by molar-refractivity contribution is 0.590. The van der Waals surface area contributed by atoms with Crippen molar-refractivity contribution in [1.82, 2.24) is 9.13 Å². The Morgan fingerprint density at radius 3 is 1.81 bits per heavy atom. The summed E-state index contributed by atoms with van der Waals surface area (Å²) in [5.74, 6) is 0. The quantitative estimate of drug-likeness (QED) is 0.157. The molecule has 68 heavy (non-hydrogen) atoms. The van der Waals surface area contributed by atoms with Crippen molar-refractivity contribution in [2.24, 2.45) is 0 Å². The highest BCUT2D eigenvalue weighted by atomic mass is 15.0. The van der Waals surface area contributed by atoms with Crippen molar-refractivity contribution < 1.29 is 0 Å². The van der Waals surface area contributed by atoms with Gasteiger partial charge in [-0.1, -0.05) is 195 Å². The van der Waals surface area contributed by atoms with Crippen LogP contribution in [0.4, 0.5) is 0 Å². The van der Waals surface area contributed by atoms with Crippen molar-refractivity contribution in [3.63, 3.8) is 0 Å². The topological polar surface area (TPSA) is 9.86 Å². The van der Waals surface area contributed by atoms with E-state index in [0.717, 1.165) is 0 Å². The molecule has 0 N–H and O–H groups in total. The molecule has 3 aliphatic rings. The average Bonchev–Trinajstić information content (AvgIpc) is 3.94.